The summed E-state index contributed by atoms with van der Waals surface area (Å²) in [6.07, 6.45) is 0. The Morgan fingerprint density at radius 1 is 0.818 bits per heavy atom. The van der Waals surface area contributed by atoms with Crippen molar-refractivity contribution in [3.05, 3.63) is 59.6 Å². The van der Waals surface area contributed by atoms with E-state index in [1.54, 1.807) is 30.3 Å². The molecule has 10 heteroatoms. The van der Waals surface area contributed by atoms with E-state index < -0.39 is 17.1 Å². The Labute approximate surface area is 124 Å². The molecule has 0 N–H and O–H groups in total. The van der Waals surface area contributed by atoms with Crippen molar-refractivity contribution in [3.8, 4) is 0 Å². The summed E-state index contributed by atoms with van der Waals surface area (Å²) in [7, 11) is -9.49. The highest BCUT2D eigenvalue weighted by atomic mass is 32.2. The summed E-state index contributed by atoms with van der Waals surface area (Å²) in [6.45, 7) is 0. The first-order valence-electron chi connectivity index (χ1n) is 5.77. The lowest BCUT2D eigenvalue weighted by molar-refractivity contribution is 0.368. The normalized spacial score (nSPS) is 11.0. The van der Waals surface area contributed by atoms with Crippen LogP contribution in [0, 0.1) is 5.39 Å². The van der Waals surface area contributed by atoms with E-state index in [4.69, 9.17) is 5.39 Å². The van der Waals surface area contributed by atoms with Gasteiger partial charge in [0, 0.05) is 12.1 Å². The van der Waals surface area contributed by atoms with Crippen LogP contribution in [0.3, 0.4) is 0 Å². The summed E-state index contributed by atoms with van der Waals surface area (Å²) in [6, 6.07) is 13.9. The first-order chi connectivity index (χ1) is 10.1. The number of benzene rings is 2. The second-order valence-corrected chi connectivity index (χ2v) is 5.85. The minimum absolute atomic E-state index is 0.177. The van der Waals surface area contributed by atoms with Crippen molar-refractivity contribution in [1.82, 2.24) is 0 Å². The number of sulfone groups is 1. The van der Waals surface area contributed by atoms with Crippen molar-refractivity contribution >= 4 is 22.8 Å². The van der Waals surface area contributed by atoms with Crippen molar-refractivity contribution in [3.63, 3.8) is 0 Å². The molecule has 0 spiro atoms. The van der Waals surface area contributed by atoms with Gasteiger partial charge in [-0.1, -0.05) is 18.2 Å². The minimum Gasteiger partial charge on any atom is -0.418 e. The zero-order valence-electron chi connectivity index (χ0n) is 10.9. The van der Waals surface area contributed by atoms with Crippen LogP contribution in [0.5, 0.6) is 0 Å². The van der Waals surface area contributed by atoms with Crippen LogP contribution in [0.15, 0.2) is 64.4 Å². The van der Waals surface area contributed by atoms with E-state index >= 15 is 0 Å². The molecule has 0 aromatic heterocycles. The SMILES string of the molecule is F[B-](F)(F)F.N#[N+]c1ccc(S(=O)(=O)c2ccccc2)cc1. The fourth-order valence-electron chi connectivity index (χ4n) is 1.43. The van der Waals surface area contributed by atoms with E-state index in [1.807, 2.05) is 0 Å². The van der Waals surface area contributed by atoms with E-state index in [-0.39, 0.29) is 9.79 Å². The van der Waals surface area contributed by atoms with E-state index in [9.17, 15) is 25.7 Å². The minimum atomic E-state index is -6.00. The molecule has 0 heterocycles. The molecule has 4 nitrogen and oxygen atoms in total. The van der Waals surface area contributed by atoms with E-state index in [0.29, 0.717) is 5.69 Å². The lowest BCUT2D eigenvalue weighted by Crippen LogP contribution is -2.02. The lowest BCUT2D eigenvalue weighted by Gasteiger charge is -2.02. The van der Waals surface area contributed by atoms with Crippen molar-refractivity contribution in [2.45, 2.75) is 9.79 Å². The van der Waals surface area contributed by atoms with Gasteiger partial charge >= 0.3 is 12.9 Å². The highest BCUT2D eigenvalue weighted by molar-refractivity contribution is 7.91. The molecule has 0 aliphatic heterocycles. The van der Waals surface area contributed by atoms with Gasteiger partial charge < -0.3 is 17.3 Å². The number of nitrogens with zero attached hydrogens (tertiary/aromatic N) is 2. The zero-order valence-corrected chi connectivity index (χ0v) is 11.7. The molecule has 0 unspecified atom stereocenters. The number of hydrogen-bond donors (Lipinski definition) is 0. The van der Waals surface area contributed by atoms with Crippen LogP contribution in [-0.4, -0.2) is 15.7 Å². The van der Waals surface area contributed by atoms with Gasteiger partial charge in [0.25, 0.3) is 0 Å². The first-order valence-corrected chi connectivity index (χ1v) is 7.25. The lowest BCUT2D eigenvalue weighted by atomic mass is 10.3. The average Bonchev–Trinajstić information content (AvgIpc) is 2.46. The third-order valence-electron chi connectivity index (χ3n) is 2.32. The molecule has 0 saturated heterocycles. The molecule has 116 valence electrons. The van der Waals surface area contributed by atoms with E-state index in [0.717, 1.165) is 0 Å². The van der Waals surface area contributed by atoms with Crippen LogP contribution >= 0.6 is 0 Å². The van der Waals surface area contributed by atoms with E-state index in [1.165, 1.54) is 24.3 Å². The van der Waals surface area contributed by atoms with Crippen molar-refractivity contribution < 1.29 is 25.7 Å². The van der Waals surface area contributed by atoms with Crippen molar-refractivity contribution in [2.75, 3.05) is 0 Å². The summed E-state index contributed by atoms with van der Waals surface area (Å²) in [5.41, 5.74) is 0.317. The number of rotatable bonds is 2. The third kappa shape index (κ3) is 5.53. The van der Waals surface area contributed by atoms with Crippen LogP contribution < -0.4 is 0 Å². The number of diazo groups is 1. The molecule has 0 radical (unpaired) electrons. The summed E-state index contributed by atoms with van der Waals surface area (Å²) >= 11 is 0. The quantitative estimate of drug-likeness (QED) is 0.468. The van der Waals surface area contributed by atoms with Gasteiger partial charge in [0.1, 0.15) is 0 Å². The molecule has 0 amide bonds. The maximum atomic E-state index is 12.1. The average molecular weight is 332 g/mol. The van der Waals surface area contributed by atoms with Crippen molar-refractivity contribution in [1.29, 1.82) is 5.39 Å². The van der Waals surface area contributed by atoms with Gasteiger partial charge in [-0.2, -0.15) is 0 Å². The molecule has 0 saturated carbocycles. The van der Waals surface area contributed by atoms with E-state index in [2.05, 4.69) is 4.98 Å². The van der Waals surface area contributed by atoms with Crippen molar-refractivity contribution in [2.24, 2.45) is 0 Å². The fraction of sp³-hybridized carbons (Fsp3) is 0. The largest absolute Gasteiger partial charge is 0.673 e. The molecule has 22 heavy (non-hydrogen) atoms. The Morgan fingerprint density at radius 3 is 1.64 bits per heavy atom. The number of hydrogen-bond acceptors (Lipinski definition) is 3. The van der Waals surface area contributed by atoms with Crippen LogP contribution in [0.4, 0.5) is 23.0 Å². The summed E-state index contributed by atoms with van der Waals surface area (Å²) in [5, 5.41) is 8.52. The van der Waals surface area contributed by atoms with Gasteiger partial charge in [-0.15, -0.1) is 0 Å². The maximum Gasteiger partial charge on any atom is 0.673 e. The zero-order chi connectivity index (χ0) is 16.8. The van der Waals surface area contributed by atoms with Crippen LogP contribution in [-0.2, 0) is 9.84 Å². The summed E-state index contributed by atoms with van der Waals surface area (Å²) in [4.78, 5) is 3.39. The molecule has 2 aromatic rings. The molecule has 2 rings (SSSR count). The topological polar surface area (TPSA) is 62.3 Å². The molecule has 0 aliphatic rings. The Morgan fingerprint density at radius 2 is 1.23 bits per heavy atom. The molecular formula is C12H9BF4N2O2S. The monoisotopic (exact) mass is 332 g/mol. The van der Waals surface area contributed by atoms with Crippen LogP contribution in [0.25, 0.3) is 4.98 Å². The second kappa shape index (κ2) is 7.04. The molecule has 2 aromatic carbocycles. The fourth-order valence-corrected chi connectivity index (χ4v) is 2.71. The molecule has 0 bridgehead atoms. The van der Waals surface area contributed by atoms with Crippen LogP contribution in [0.1, 0.15) is 0 Å². The Balaban J connectivity index is 0.000000422. The van der Waals surface area contributed by atoms with Crippen LogP contribution in [0.2, 0.25) is 0 Å². The van der Waals surface area contributed by atoms with Gasteiger partial charge in [0.15, 0.2) is 4.98 Å². The Hall–Kier alpha value is -2.41. The molecule has 0 aliphatic carbocycles. The third-order valence-corrected chi connectivity index (χ3v) is 4.10. The smallest absolute Gasteiger partial charge is 0.418 e. The summed E-state index contributed by atoms with van der Waals surface area (Å²) in [5.74, 6) is 0. The molecule has 0 fully saturated rings. The van der Waals surface area contributed by atoms with Gasteiger partial charge in [0.2, 0.25) is 15.2 Å². The predicted molar refractivity (Wildman–Crippen MR) is 73.3 cm³/mol. The highest BCUT2D eigenvalue weighted by Crippen LogP contribution is 2.22. The Kier molecular flexibility index (Phi) is 5.65. The van der Waals surface area contributed by atoms with Gasteiger partial charge in [-0.25, -0.2) is 8.42 Å². The summed E-state index contributed by atoms with van der Waals surface area (Å²) < 4.78 is 63.3. The first kappa shape index (κ1) is 17.6. The molecule has 0 atom stereocenters. The predicted octanol–water partition coefficient (Wildman–Crippen LogP) is 4.30. The molecular weight excluding hydrogens is 323 g/mol. The number of halogens is 4. The van der Waals surface area contributed by atoms with Gasteiger partial charge in [0.05, 0.1) is 9.79 Å². The van der Waals surface area contributed by atoms with Gasteiger partial charge in [-0.05, 0) is 24.3 Å². The highest BCUT2D eigenvalue weighted by Gasteiger charge is 2.20. The Bertz CT molecular complexity index is 750. The second-order valence-electron chi connectivity index (χ2n) is 3.91. The van der Waals surface area contributed by atoms with Gasteiger partial charge in [-0.3, -0.25) is 0 Å². The standard InChI is InChI=1S/C12H9N2O2S.BF4/c13-14-10-6-8-12(9-7-10)17(15,16)11-4-2-1-3-5-11;2-1(3,4)5/h1-9H;/q+1;-1. The maximum absolute atomic E-state index is 12.1.